The first-order chi connectivity index (χ1) is 8.70. The zero-order chi connectivity index (χ0) is 13.0. The van der Waals surface area contributed by atoms with Gasteiger partial charge in [0.15, 0.2) is 0 Å². The van der Waals surface area contributed by atoms with Crippen LogP contribution in [0.2, 0.25) is 0 Å². The Morgan fingerprint density at radius 2 is 1.44 bits per heavy atom. The molecule has 1 unspecified atom stereocenters. The molecule has 1 atom stereocenters. The van der Waals surface area contributed by atoms with Crippen molar-refractivity contribution >= 4 is 31.9 Å². The highest BCUT2D eigenvalue weighted by Crippen LogP contribution is 2.32. The second-order valence-electron chi connectivity index (χ2n) is 3.92. The molecular formula is C15H14Br2O. The van der Waals surface area contributed by atoms with E-state index < -0.39 is 0 Å². The monoisotopic (exact) mass is 368 g/mol. The van der Waals surface area contributed by atoms with Gasteiger partial charge in [-0.25, -0.2) is 0 Å². The Labute approximate surface area is 124 Å². The number of ether oxygens (including phenoxy) is 1. The average Bonchev–Trinajstić information content (AvgIpc) is 2.40. The molecule has 0 saturated carbocycles. The second kappa shape index (κ2) is 6.39. The van der Waals surface area contributed by atoms with E-state index in [4.69, 9.17) is 4.74 Å². The topological polar surface area (TPSA) is 9.23 Å². The zero-order valence-electron chi connectivity index (χ0n) is 10.1. The third-order valence-corrected chi connectivity index (χ3v) is 4.23. The van der Waals surface area contributed by atoms with Crippen LogP contribution in [0, 0.1) is 0 Å². The van der Waals surface area contributed by atoms with Crippen molar-refractivity contribution in [2.75, 3.05) is 6.61 Å². The van der Waals surface area contributed by atoms with Crippen LogP contribution in [0.4, 0.5) is 0 Å². The molecule has 0 N–H and O–H groups in total. The van der Waals surface area contributed by atoms with Crippen LogP contribution in [0.1, 0.15) is 22.9 Å². The molecule has 0 saturated heterocycles. The van der Waals surface area contributed by atoms with Gasteiger partial charge >= 0.3 is 0 Å². The minimum atomic E-state index is 0.210. The summed E-state index contributed by atoms with van der Waals surface area (Å²) < 4.78 is 6.54. The van der Waals surface area contributed by atoms with Gasteiger partial charge in [0.2, 0.25) is 0 Å². The molecule has 0 heterocycles. The minimum absolute atomic E-state index is 0.210. The van der Waals surface area contributed by atoms with Crippen LogP contribution in [-0.4, -0.2) is 6.61 Å². The van der Waals surface area contributed by atoms with E-state index in [1.54, 1.807) is 0 Å². The Hall–Kier alpha value is -0.800. The first-order valence-electron chi connectivity index (χ1n) is 5.83. The summed E-state index contributed by atoms with van der Waals surface area (Å²) in [5, 5.41) is 0. The largest absolute Gasteiger partial charge is 0.494 e. The molecule has 3 heteroatoms. The Balaban J connectivity index is 2.17. The number of rotatable bonds is 4. The van der Waals surface area contributed by atoms with Crippen LogP contribution in [0.5, 0.6) is 5.75 Å². The van der Waals surface area contributed by atoms with E-state index >= 15 is 0 Å². The quantitative estimate of drug-likeness (QED) is 0.661. The summed E-state index contributed by atoms with van der Waals surface area (Å²) in [7, 11) is 0. The van der Waals surface area contributed by atoms with Crippen LogP contribution >= 0.6 is 31.9 Å². The molecular weight excluding hydrogens is 356 g/mol. The molecule has 2 rings (SSSR count). The SMILES string of the molecule is CCOc1ccc(C(Br)c2ccc(Br)cc2)cc1. The summed E-state index contributed by atoms with van der Waals surface area (Å²) in [6.07, 6.45) is 0. The van der Waals surface area contributed by atoms with Crippen molar-refractivity contribution < 1.29 is 4.74 Å². The highest BCUT2D eigenvalue weighted by Gasteiger charge is 2.09. The Morgan fingerprint density at radius 1 is 0.944 bits per heavy atom. The van der Waals surface area contributed by atoms with Gasteiger partial charge < -0.3 is 4.74 Å². The lowest BCUT2D eigenvalue weighted by Gasteiger charge is -2.11. The van der Waals surface area contributed by atoms with Crippen molar-refractivity contribution in [3.8, 4) is 5.75 Å². The molecule has 2 aromatic rings. The molecule has 0 aromatic heterocycles. The maximum absolute atomic E-state index is 5.44. The number of halogens is 2. The van der Waals surface area contributed by atoms with E-state index in [0.29, 0.717) is 6.61 Å². The number of benzene rings is 2. The van der Waals surface area contributed by atoms with Crippen LogP contribution < -0.4 is 4.74 Å². The highest BCUT2D eigenvalue weighted by atomic mass is 79.9. The maximum atomic E-state index is 5.44. The van der Waals surface area contributed by atoms with Crippen molar-refractivity contribution in [1.82, 2.24) is 0 Å². The van der Waals surface area contributed by atoms with E-state index in [9.17, 15) is 0 Å². The average molecular weight is 370 g/mol. The third kappa shape index (κ3) is 3.36. The van der Waals surface area contributed by atoms with E-state index in [1.807, 2.05) is 19.1 Å². The number of hydrogen-bond donors (Lipinski definition) is 0. The van der Waals surface area contributed by atoms with E-state index in [2.05, 4.69) is 68.3 Å². The van der Waals surface area contributed by atoms with E-state index in [1.165, 1.54) is 11.1 Å². The summed E-state index contributed by atoms with van der Waals surface area (Å²) in [6.45, 7) is 2.69. The first-order valence-corrected chi connectivity index (χ1v) is 7.54. The predicted molar refractivity (Wildman–Crippen MR) is 82.5 cm³/mol. The summed E-state index contributed by atoms with van der Waals surface area (Å²) in [4.78, 5) is 0.210. The van der Waals surface area contributed by atoms with Crippen LogP contribution in [0.25, 0.3) is 0 Å². The fraction of sp³-hybridized carbons (Fsp3) is 0.200. The fourth-order valence-corrected chi connectivity index (χ4v) is 2.60. The van der Waals surface area contributed by atoms with Gasteiger partial charge in [-0.3, -0.25) is 0 Å². The molecule has 0 spiro atoms. The van der Waals surface area contributed by atoms with Gasteiger partial charge in [0.05, 0.1) is 11.4 Å². The molecule has 0 aliphatic carbocycles. The molecule has 0 bridgehead atoms. The van der Waals surface area contributed by atoms with Crippen molar-refractivity contribution in [3.63, 3.8) is 0 Å². The Morgan fingerprint density at radius 3 is 1.94 bits per heavy atom. The van der Waals surface area contributed by atoms with Crippen LogP contribution in [0.15, 0.2) is 53.0 Å². The first kappa shape index (κ1) is 13.6. The smallest absolute Gasteiger partial charge is 0.119 e. The van der Waals surface area contributed by atoms with Gasteiger partial charge in [-0.15, -0.1) is 0 Å². The van der Waals surface area contributed by atoms with E-state index in [0.717, 1.165) is 10.2 Å². The standard InChI is InChI=1S/C15H14Br2O/c1-2-18-14-9-5-12(6-10-14)15(17)11-3-7-13(16)8-4-11/h3-10,15H,2H2,1H3. The molecule has 1 nitrogen and oxygen atoms in total. The highest BCUT2D eigenvalue weighted by molar-refractivity contribution is 9.10. The molecule has 0 amide bonds. The minimum Gasteiger partial charge on any atom is -0.494 e. The molecule has 2 aromatic carbocycles. The maximum Gasteiger partial charge on any atom is 0.119 e. The normalized spacial score (nSPS) is 12.2. The Bertz CT molecular complexity index is 491. The summed E-state index contributed by atoms with van der Waals surface area (Å²) in [6, 6.07) is 16.5. The van der Waals surface area contributed by atoms with Gasteiger partial charge in [0, 0.05) is 4.47 Å². The van der Waals surface area contributed by atoms with Crippen molar-refractivity contribution in [2.45, 2.75) is 11.8 Å². The number of alkyl halides is 1. The zero-order valence-corrected chi connectivity index (χ0v) is 13.2. The molecule has 0 aliphatic rings. The van der Waals surface area contributed by atoms with Gasteiger partial charge in [-0.2, -0.15) is 0 Å². The summed E-state index contributed by atoms with van der Waals surface area (Å²) in [5.74, 6) is 0.914. The second-order valence-corrected chi connectivity index (χ2v) is 5.75. The number of hydrogen-bond acceptors (Lipinski definition) is 1. The Kier molecular flexibility index (Phi) is 4.84. The van der Waals surface area contributed by atoms with E-state index in [-0.39, 0.29) is 4.83 Å². The summed E-state index contributed by atoms with van der Waals surface area (Å²) in [5.41, 5.74) is 2.46. The van der Waals surface area contributed by atoms with Crippen LogP contribution in [-0.2, 0) is 0 Å². The van der Waals surface area contributed by atoms with Gasteiger partial charge in [-0.1, -0.05) is 56.1 Å². The molecule has 0 radical (unpaired) electrons. The van der Waals surface area contributed by atoms with Gasteiger partial charge in [0.1, 0.15) is 5.75 Å². The van der Waals surface area contributed by atoms with Crippen molar-refractivity contribution in [3.05, 3.63) is 64.1 Å². The van der Waals surface area contributed by atoms with Gasteiger partial charge in [0.25, 0.3) is 0 Å². The lowest BCUT2D eigenvalue weighted by molar-refractivity contribution is 0.340. The van der Waals surface area contributed by atoms with Gasteiger partial charge in [-0.05, 0) is 42.3 Å². The lowest BCUT2D eigenvalue weighted by atomic mass is 10.1. The predicted octanol–water partition coefficient (Wildman–Crippen LogP) is 5.33. The van der Waals surface area contributed by atoms with Crippen molar-refractivity contribution in [1.29, 1.82) is 0 Å². The fourth-order valence-electron chi connectivity index (χ4n) is 1.72. The third-order valence-electron chi connectivity index (χ3n) is 2.65. The molecule has 0 aliphatic heterocycles. The van der Waals surface area contributed by atoms with Crippen LogP contribution in [0.3, 0.4) is 0 Å². The van der Waals surface area contributed by atoms with Crippen molar-refractivity contribution in [2.24, 2.45) is 0 Å². The molecule has 18 heavy (non-hydrogen) atoms. The lowest BCUT2D eigenvalue weighted by Crippen LogP contribution is -1.94. The molecule has 94 valence electrons. The summed E-state index contributed by atoms with van der Waals surface area (Å²) >= 11 is 7.17. The molecule has 0 fully saturated rings.